The molecule has 0 atom stereocenters. The van der Waals surface area contributed by atoms with Gasteiger partial charge in [-0.1, -0.05) is 17.7 Å². The van der Waals surface area contributed by atoms with Crippen molar-refractivity contribution in [3.05, 3.63) is 73.7 Å². The number of rotatable bonds is 6. The average molecular weight is 456 g/mol. The van der Waals surface area contributed by atoms with Crippen LogP contribution < -0.4 is 10.6 Å². The lowest BCUT2D eigenvalue weighted by atomic mass is 10.2. The van der Waals surface area contributed by atoms with Crippen molar-refractivity contribution in [3.63, 3.8) is 0 Å². The van der Waals surface area contributed by atoms with E-state index >= 15 is 0 Å². The molecular weight excluding hydrogens is 447 g/mol. The fourth-order valence-electron chi connectivity index (χ4n) is 2.37. The zero-order valence-corrected chi connectivity index (χ0v) is 15.7. The summed E-state index contributed by atoms with van der Waals surface area (Å²) in [5.74, 6) is -1.05. The Kier molecular flexibility index (Phi) is 5.83. The Bertz CT molecular complexity index is 1180. The predicted molar refractivity (Wildman–Crippen MR) is 103 cm³/mol. The highest BCUT2D eigenvalue weighted by Crippen LogP contribution is 2.36. The second-order valence-corrected chi connectivity index (χ2v) is 6.19. The van der Waals surface area contributed by atoms with Crippen molar-refractivity contribution >= 4 is 46.1 Å². The molecule has 3 rings (SSSR count). The molecule has 2 aromatic heterocycles. The van der Waals surface area contributed by atoms with Crippen LogP contribution in [0.2, 0.25) is 5.02 Å². The Hall–Kier alpha value is -4.07. The van der Waals surface area contributed by atoms with E-state index in [0.29, 0.717) is 12.3 Å². The summed E-state index contributed by atoms with van der Waals surface area (Å²) < 4.78 is 38.3. The summed E-state index contributed by atoms with van der Waals surface area (Å²) in [4.78, 5) is 32.0. The van der Waals surface area contributed by atoms with E-state index < -0.39 is 38.1 Å². The lowest BCUT2D eigenvalue weighted by Gasteiger charge is -2.12. The highest BCUT2D eigenvalue weighted by atomic mass is 35.5. The molecule has 0 saturated carbocycles. The molecular formula is C16H9ClF3N7O4. The van der Waals surface area contributed by atoms with Crippen LogP contribution in [0.3, 0.4) is 0 Å². The first-order valence-corrected chi connectivity index (χ1v) is 8.44. The highest BCUT2D eigenvalue weighted by molar-refractivity contribution is 6.33. The highest BCUT2D eigenvalue weighted by Gasteiger charge is 2.32. The number of benzene rings is 1. The number of anilines is 4. The predicted octanol–water partition coefficient (Wildman–Crippen LogP) is 4.85. The number of nitrogens with one attached hydrogen (secondary N) is 2. The minimum Gasteiger partial charge on any atom is -0.334 e. The Morgan fingerprint density at radius 2 is 1.61 bits per heavy atom. The second-order valence-electron chi connectivity index (χ2n) is 5.79. The Morgan fingerprint density at radius 3 is 2.19 bits per heavy atom. The van der Waals surface area contributed by atoms with Crippen LogP contribution in [-0.4, -0.2) is 24.8 Å². The summed E-state index contributed by atoms with van der Waals surface area (Å²) in [6.07, 6.45) is -3.23. The van der Waals surface area contributed by atoms with Gasteiger partial charge in [0.25, 0.3) is 5.69 Å². The molecule has 3 aromatic rings. The summed E-state index contributed by atoms with van der Waals surface area (Å²) in [5.41, 5.74) is -1.92. The van der Waals surface area contributed by atoms with Crippen molar-refractivity contribution in [2.75, 3.05) is 10.6 Å². The fraction of sp³-hybridized carbons (Fsp3) is 0.0625. The van der Waals surface area contributed by atoms with Gasteiger partial charge in [-0.15, -0.1) is 0 Å². The van der Waals surface area contributed by atoms with Crippen molar-refractivity contribution in [2.45, 2.75) is 6.18 Å². The van der Waals surface area contributed by atoms with Gasteiger partial charge in [0.1, 0.15) is 6.33 Å². The van der Waals surface area contributed by atoms with Crippen LogP contribution in [0.15, 0.2) is 42.9 Å². The molecule has 0 bridgehead atoms. The number of halogens is 4. The monoisotopic (exact) mass is 455 g/mol. The largest absolute Gasteiger partial charge is 0.417 e. The second kappa shape index (κ2) is 8.35. The smallest absolute Gasteiger partial charge is 0.334 e. The van der Waals surface area contributed by atoms with E-state index in [1.54, 1.807) is 0 Å². The lowest BCUT2D eigenvalue weighted by Crippen LogP contribution is -2.08. The summed E-state index contributed by atoms with van der Waals surface area (Å²) in [6.45, 7) is 0. The van der Waals surface area contributed by atoms with Gasteiger partial charge in [-0.2, -0.15) is 13.2 Å². The maximum atomic E-state index is 12.8. The van der Waals surface area contributed by atoms with Crippen molar-refractivity contribution in [1.29, 1.82) is 0 Å². The van der Waals surface area contributed by atoms with Gasteiger partial charge in [-0.3, -0.25) is 20.2 Å². The summed E-state index contributed by atoms with van der Waals surface area (Å²) in [5, 5.41) is 27.0. The molecule has 0 saturated heterocycles. The Labute approximate surface area is 175 Å². The van der Waals surface area contributed by atoms with Crippen molar-refractivity contribution in [3.8, 4) is 0 Å². The number of pyridine rings is 1. The molecule has 31 heavy (non-hydrogen) atoms. The SMILES string of the molecule is O=[N+]([O-])c1cccc(Nc2ncnc(Nc3ncc(C(F)(F)F)cc3Cl)c2[N+](=O)[O-])c1. The topological polar surface area (TPSA) is 149 Å². The van der Waals surface area contributed by atoms with Gasteiger partial charge in [0.05, 0.1) is 20.4 Å². The summed E-state index contributed by atoms with van der Waals surface area (Å²) in [7, 11) is 0. The van der Waals surface area contributed by atoms with Crippen LogP contribution in [0.25, 0.3) is 0 Å². The normalized spacial score (nSPS) is 11.1. The molecule has 0 spiro atoms. The van der Waals surface area contributed by atoms with Gasteiger partial charge in [-0.25, -0.2) is 15.0 Å². The number of nitrogens with zero attached hydrogens (tertiary/aromatic N) is 5. The first-order chi connectivity index (χ1) is 14.6. The third-order valence-electron chi connectivity index (χ3n) is 3.73. The number of nitro benzene ring substituents is 1. The molecule has 0 unspecified atom stereocenters. The van der Waals surface area contributed by atoms with Crippen LogP contribution in [0.1, 0.15) is 5.56 Å². The van der Waals surface area contributed by atoms with Crippen molar-refractivity contribution < 1.29 is 23.0 Å². The first-order valence-electron chi connectivity index (χ1n) is 8.07. The van der Waals surface area contributed by atoms with Crippen LogP contribution >= 0.6 is 11.6 Å². The quantitative estimate of drug-likeness (QED) is 0.393. The maximum absolute atomic E-state index is 12.8. The van der Waals surface area contributed by atoms with Gasteiger partial charge >= 0.3 is 11.9 Å². The molecule has 1 aromatic carbocycles. The maximum Gasteiger partial charge on any atom is 0.417 e. The number of nitro groups is 2. The van der Waals surface area contributed by atoms with Gasteiger partial charge in [0, 0.05) is 24.0 Å². The zero-order chi connectivity index (χ0) is 22.8. The molecule has 15 heteroatoms. The molecule has 2 N–H and O–H groups in total. The molecule has 0 aliphatic carbocycles. The van der Waals surface area contributed by atoms with Crippen LogP contribution in [0.4, 0.5) is 47.7 Å². The standard InChI is InChI=1S/C16H9ClF3N7O4/c17-11-4-8(16(18,19)20)6-21-13(11)25-15-12(27(30)31)14(22-7-23-15)24-9-2-1-3-10(5-9)26(28)29/h1-7H,(H2,21,22,23,24,25). The molecule has 2 heterocycles. The van der Waals surface area contributed by atoms with E-state index in [2.05, 4.69) is 25.6 Å². The molecule has 0 amide bonds. The average Bonchev–Trinajstić information content (AvgIpc) is 2.69. The molecule has 160 valence electrons. The van der Waals surface area contributed by atoms with Crippen molar-refractivity contribution in [1.82, 2.24) is 15.0 Å². The molecule has 0 radical (unpaired) electrons. The van der Waals surface area contributed by atoms with Crippen LogP contribution in [0.5, 0.6) is 0 Å². The van der Waals surface area contributed by atoms with Crippen molar-refractivity contribution in [2.24, 2.45) is 0 Å². The van der Waals surface area contributed by atoms with E-state index in [4.69, 9.17) is 11.6 Å². The van der Waals surface area contributed by atoms with Crippen LogP contribution in [0, 0.1) is 20.2 Å². The van der Waals surface area contributed by atoms with Gasteiger partial charge in [0.15, 0.2) is 5.82 Å². The van der Waals surface area contributed by atoms with Gasteiger partial charge in [-0.05, 0) is 12.1 Å². The number of aromatic nitrogens is 3. The molecule has 0 aliphatic rings. The number of non-ortho nitro benzene ring substituents is 1. The minimum absolute atomic E-state index is 0.132. The summed E-state index contributed by atoms with van der Waals surface area (Å²) >= 11 is 5.82. The number of alkyl halides is 3. The molecule has 11 nitrogen and oxygen atoms in total. The lowest BCUT2D eigenvalue weighted by molar-refractivity contribution is -0.384. The van der Waals surface area contributed by atoms with E-state index in [0.717, 1.165) is 12.4 Å². The molecule has 0 aliphatic heterocycles. The third kappa shape index (κ3) is 4.92. The number of hydrogen-bond acceptors (Lipinski definition) is 9. The van der Waals surface area contributed by atoms with E-state index in [9.17, 15) is 33.4 Å². The third-order valence-corrected chi connectivity index (χ3v) is 4.02. The van der Waals surface area contributed by atoms with E-state index in [1.165, 1.54) is 18.2 Å². The number of hydrogen-bond donors (Lipinski definition) is 2. The Balaban J connectivity index is 1.97. The molecule has 0 fully saturated rings. The zero-order valence-electron chi connectivity index (χ0n) is 14.9. The fourth-order valence-corrected chi connectivity index (χ4v) is 2.58. The van der Waals surface area contributed by atoms with Gasteiger partial charge in [0.2, 0.25) is 11.6 Å². The van der Waals surface area contributed by atoms with E-state index in [1.807, 2.05) is 0 Å². The Morgan fingerprint density at radius 1 is 0.935 bits per heavy atom. The van der Waals surface area contributed by atoms with Crippen LogP contribution in [-0.2, 0) is 6.18 Å². The first kappa shape index (κ1) is 21.6. The van der Waals surface area contributed by atoms with E-state index in [-0.39, 0.29) is 23.0 Å². The minimum atomic E-state index is -4.68. The van der Waals surface area contributed by atoms with Gasteiger partial charge < -0.3 is 10.6 Å². The summed E-state index contributed by atoms with van der Waals surface area (Å²) in [6, 6.07) is 5.74.